The number of anilines is 1. The summed E-state index contributed by atoms with van der Waals surface area (Å²) in [5.74, 6) is -0.341. The van der Waals surface area contributed by atoms with Gasteiger partial charge in [0, 0.05) is 4.88 Å². The molecule has 0 saturated heterocycles. The number of aryl methyl sites for hydroxylation is 1. The maximum absolute atomic E-state index is 12.6. The summed E-state index contributed by atoms with van der Waals surface area (Å²) in [6.45, 7) is 0. The van der Waals surface area contributed by atoms with Gasteiger partial charge in [0.15, 0.2) is 0 Å². The van der Waals surface area contributed by atoms with Crippen LogP contribution in [0.5, 0.6) is 5.75 Å². The molecule has 0 aliphatic heterocycles. The van der Waals surface area contributed by atoms with E-state index in [0.717, 1.165) is 29.7 Å². The van der Waals surface area contributed by atoms with Crippen LogP contribution in [0.25, 0.3) is 6.08 Å². The number of methoxy groups -OCH3 is 2. The first-order chi connectivity index (χ1) is 13.1. The van der Waals surface area contributed by atoms with Crippen molar-refractivity contribution in [2.24, 2.45) is 0 Å². The molecule has 0 unspecified atom stereocenters. The molecule has 138 valence electrons. The number of amides is 1. The Hall–Kier alpha value is -3.11. The highest BCUT2D eigenvalue weighted by atomic mass is 32.1. The zero-order valence-corrected chi connectivity index (χ0v) is 15.8. The molecule has 0 fully saturated rings. The van der Waals surface area contributed by atoms with Gasteiger partial charge < -0.3 is 14.8 Å². The maximum atomic E-state index is 12.6. The fourth-order valence-corrected chi connectivity index (χ4v) is 4.27. The molecule has 0 atom stereocenters. The molecule has 1 aromatic carbocycles. The Morgan fingerprint density at radius 3 is 2.59 bits per heavy atom. The van der Waals surface area contributed by atoms with E-state index in [9.17, 15) is 14.9 Å². The zero-order valence-electron chi connectivity index (χ0n) is 15.0. The van der Waals surface area contributed by atoms with Crippen LogP contribution >= 0.6 is 11.3 Å². The van der Waals surface area contributed by atoms with Crippen LogP contribution in [-0.4, -0.2) is 26.1 Å². The SMILES string of the molecule is COC(=O)c1c(NC(=O)/C(C#N)=C/c2ccc(OC)cc2)sc2c1CCC2. The Bertz CT molecular complexity index is 952. The van der Waals surface area contributed by atoms with E-state index in [1.807, 2.05) is 6.07 Å². The molecule has 0 saturated carbocycles. The number of benzene rings is 1. The first kappa shape index (κ1) is 18.7. The number of nitrogens with zero attached hydrogens (tertiary/aromatic N) is 1. The molecule has 6 nitrogen and oxygen atoms in total. The highest BCUT2D eigenvalue weighted by Crippen LogP contribution is 2.39. The van der Waals surface area contributed by atoms with Gasteiger partial charge in [0.1, 0.15) is 22.4 Å². The number of ether oxygens (including phenoxy) is 2. The van der Waals surface area contributed by atoms with Crippen molar-refractivity contribution >= 4 is 34.3 Å². The number of carbonyl (C=O) groups is 2. The fourth-order valence-electron chi connectivity index (χ4n) is 3.00. The van der Waals surface area contributed by atoms with Crippen LogP contribution in [0, 0.1) is 11.3 Å². The minimum absolute atomic E-state index is 0.0513. The van der Waals surface area contributed by atoms with Crippen LogP contribution in [0.3, 0.4) is 0 Å². The van der Waals surface area contributed by atoms with E-state index in [4.69, 9.17) is 9.47 Å². The molecule has 1 aliphatic rings. The predicted octanol–water partition coefficient (Wildman–Crippen LogP) is 3.58. The molecule has 1 N–H and O–H groups in total. The molecule has 1 heterocycles. The Balaban J connectivity index is 1.86. The quantitative estimate of drug-likeness (QED) is 0.485. The summed E-state index contributed by atoms with van der Waals surface area (Å²) in [6, 6.07) is 8.92. The highest BCUT2D eigenvalue weighted by molar-refractivity contribution is 7.17. The highest BCUT2D eigenvalue weighted by Gasteiger charge is 2.28. The summed E-state index contributed by atoms with van der Waals surface area (Å²) in [6.07, 6.45) is 4.15. The Morgan fingerprint density at radius 2 is 1.96 bits per heavy atom. The van der Waals surface area contributed by atoms with Gasteiger partial charge in [-0.1, -0.05) is 12.1 Å². The van der Waals surface area contributed by atoms with Gasteiger partial charge in [0.2, 0.25) is 0 Å². The van der Waals surface area contributed by atoms with E-state index >= 15 is 0 Å². The van der Waals surface area contributed by atoms with E-state index in [1.165, 1.54) is 24.5 Å². The standard InChI is InChI=1S/C20H18N2O4S/c1-25-14-8-6-12(7-9-14)10-13(11-21)18(23)22-19-17(20(24)26-2)15-4-3-5-16(15)27-19/h6-10H,3-5H2,1-2H3,(H,22,23)/b13-10+. The molecule has 0 bridgehead atoms. The summed E-state index contributed by atoms with van der Waals surface area (Å²) in [7, 11) is 2.88. The van der Waals surface area contributed by atoms with Gasteiger partial charge in [-0.3, -0.25) is 4.79 Å². The van der Waals surface area contributed by atoms with E-state index < -0.39 is 11.9 Å². The van der Waals surface area contributed by atoms with Crippen LogP contribution in [0.15, 0.2) is 29.8 Å². The Kier molecular flexibility index (Phi) is 5.57. The van der Waals surface area contributed by atoms with E-state index in [1.54, 1.807) is 31.4 Å². The third kappa shape index (κ3) is 3.86. The van der Waals surface area contributed by atoms with Crippen molar-refractivity contribution in [3.63, 3.8) is 0 Å². The summed E-state index contributed by atoms with van der Waals surface area (Å²) in [4.78, 5) is 25.8. The summed E-state index contributed by atoms with van der Waals surface area (Å²) >= 11 is 1.37. The number of nitriles is 1. The third-order valence-corrected chi connectivity index (χ3v) is 5.54. The number of nitrogens with one attached hydrogen (secondary N) is 1. The van der Waals surface area contributed by atoms with Crippen LogP contribution in [-0.2, 0) is 22.4 Å². The molecule has 2 aromatic rings. The van der Waals surface area contributed by atoms with E-state index in [-0.39, 0.29) is 5.57 Å². The lowest BCUT2D eigenvalue weighted by molar-refractivity contribution is -0.112. The topological polar surface area (TPSA) is 88.4 Å². The smallest absolute Gasteiger partial charge is 0.341 e. The average molecular weight is 382 g/mol. The largest absolute Gasteiger partial charge is 0.497 e. The van der Waals surface area contributed by atoms with Gasteiger partial charge in [-0.2, -0.15) is 5.26 Å². The van der Waals surface area contributed by atoms with Crippen molar-refractivity contribution < 1.29 is 19.1 Å². The predicted molar refractivity (Wildman–Crippen MR) is 103 cm³/mol. The summed E-state index contributed by atoms with van der Waals surface area (Å²) in [5, 5.41) is 12.5. The third-order valence-electron chi connectivity index (χ3n) is 4.33. The van der Waals surface area contributed by atoms with Crippen molar-refractivity contribution in [2.75, 3.05) is 19.5 Å². The van der Waals surface area contributed by atoms with Crippen LogP contribution in [0.1, 0.15) is 32.8 Å². The number of rotatable bonds is 5. The first-order valence-corrected chi connectivity index (χ1v) is 9.19. The molecule has 1 aromatic heterocycles. The van der Waals surface area contributed by atoms with Crippen molar-refractivity contribution in [2.45, 2.75) is 19.3 Å². The van der Waals surface area contributed by atoms with Crippen molar-refractivity contribution in [1.82, 2.24) is 0 Å². The molecule has 0 spiro atoms. The second-order valence-electron chi connectivity index (χ2n) is 5.95. The monoisotopic (exact) mass is 382 g/mol. The lowest BCUT2D eigenvalue weighted by Crippen LogP contribution is -2.15. The van der Waals surface area contributed by atoms with Gasteiger partial charge in [-0.25, -0.2) is 4.79 Å². The van der Waals surface area contributed by atoms with Crippen molar-refractivity contribution in [3.8, 4) is 11.8 Å². The Morgan fingerprint density at radius 1 is 1.22 bits per heavy atom. The number of hydrogen-bond donors (Lipinski definition) is 1. The number of thiophene rings is 1. The second kappa shape index (κ2) is 8.06. The maximum Gasteiger partial charge on any atom is 0.341 e. The number of hydrogen-bond acceptors (Lipinski definition) is 6. The first-order valence-electron chi connectivity index (χ1n) is 8.37. The molecule has 1 amide bonds. The van der Waals surface area contributed by atoms with Gasteiger partial charge in [0.05, 0.1) is 19.8 Å². The van der Waals surface area contributed by atoms with Gasteiger partial charge in [0.25, 0.3) is 5.91 Å². The van der Waals surface area contributed by atoms with Crippen LogP contribution < -0.4 is 10.1 Å². The summed E-state index contributed by atoms with van der Waals surface area (Å²) < 4.78 is 9.97. The van der Waals surface area contributed by atoms with Gasteiger partial charge in [-0.05, 0) is 48.6 Å². The molecule has 27 heavy (non-hydrogen) atoms. The van der Waals surface area contributed by atoms with Crippen LogP contribution in [0.4, 0.5) is 5.00 Å². The normalized spacial score (nSPS) is 12.9. The van der Waals surface area contributed by atoms with Crippen molar-refractivity contribution in [1.29, 1.82) is 5.26 Å². The zero-order chi connectivity index (χ0) is 19.4. The van der Waals surface area contributed by atoms with Crippen molar-refractivity contribution in [3.05, 3.63) is 51.4 Å². The summed E-state index contributed by atoms with van der Waals surface area (Å²) in [5.41, 5.74) is 2.00. The van der Waals surface area contributed by atoms with Gasteiger partial charge >= 0.3 is 5.97 Å². The van der Waals surface area contributed by atoms with Gasteiger partial charge in [-0.15, -0.1) is 11.3 Å². The lowest BCUT2D eigenvalue weighted by Gasteiger charge is -2.06. The molecule has 0 radical (unpaired) electrons. The fraction of sp³-hybridized carbons (Fsp3) is 0.250. The second-order valence-corrected chi connectivity index (χ2v) is 7.06. The van der Waals surface area contributed by atoms with E-state index in [2.05, 4.69) is 5.32 Å². The average Bonchev–Trinajstić information content (AvgIpc) is 3.26. The number of carbonyl (C=O) groups excluding carboxylic acids is 2. The number of esters is 1. The minimum atomic E-state index is -0.557. The molecule has 3 rings (SSSR count). The van der Waals surface area contributed by atoms with E-state index in [0.29, 0.717) is 21.9 Å². The molecular formula is C20H18N2O4S. The minimum Gasteiger partial charge on any atom is -0.497 e. The van der Waals surface area contributed by atoms with Crippen LogP contribution in [0.2, 0.25) is 0 Å². The lowest BCUT2D eigenvalue weighted by atomic mass is 10.1. The number of fused-ring (bicyclic) bond motifs is 1. The molecule has 1 aliphatic carbocycles. The Labute approximate surface area is 161 Å². The molecule has 7 heteroatoms. The molecular weight excluding hydrogens is 364 g/mol.